The molecule has 3 N–H and O–H groups in total. The Balaban J connectivity index is 1.94. The van der Waals surface area contributed by atoms with Crippen molar-refractivity contribution in [3.8, 4) is 0 Å². The van der Waals surface area contributed by atoms with Crippen molar-refractivity contribution >= 4 is 11.3 Å². The van der Waals surface area contributed by atoms with Gasteiger partial charge in [0.15, 0.2) is 0 Å². The van der Waals surface area contributed by atoms with Crippen LogP contribution in [0.25, 0.3) is 0 Å². The number of hydrogen-bond acceptors (Lipinski definition) is 3. The largest absolute Gasteiger partial charge is 0.329 e. The van der Waals surface area contributed by atoms with Crippen LogP contribution >= 0.6 is 11.3 Å². The van der Waals surface area contributed by atoms with Crippen LogP contribution in [-0.2, 0) is 6.54 Å². The van der Waals surface area contributed by atoms with Crippen LogP contribution in [0.1, 0.15) is 17.2 Å². The standard InChI is InChI=1S/C13H16N2S/c14-8-13(12-6-7-16-10-12)15-9-11-4-2-1-3-5-11/h1-7,10,13,15H,8-9,14H2. The summed E-state index contributed by atoms with van der Waals surface area (Å²) >= 11 is 1.71. The van der Waals surface area contributed by atoms with Crippen molar-refractivity contribution in [2.75, 3.05) is 6.54 Å². The van der Waals surface area contributed by atoms with Crippen LogP contribution in [0.15, 0.2) is 47.2 Å². The van der Waals surface area contributed by atoms with Crippen molar-refractivity contribution in [3.05, 3.63) is 58.3 Å². The first-order chi connectivity index (χ1) is 7.90. The van der Waals surface area contributed by atoms with Crippen molar-refractivity contribution < 1.29 is 0 Å². The molecule has 0 aliphatic carbocycles. The van der Waals surface area contributed by atoms with Gasteiger partial charge in [-0.05, 0) is 28.0 Å². The van der Waals surface area contributed by atoms with Crippen LogP contribution in [0.4, 0.5) is 0 Å². The normalized spacial score (nSPS) is 12.6. The zero-order valence-corrected chi connectivity index (χ0v) is 9.91. The van der Waals surface area contributed by atoms with Gasteiger partial charge < -0.3 is 11.1 Å². The third-order valence-corrected chi connectivity index (χ3v) is 3.28. The Kier molecular flexibility index (Phi) is 4.10. The molecule has 1 aromatic carbocycles. The monoisotopic (exact) mass is 232 g/mol. The highest BCUT2D eigenvalue weighted by molar-refractivity contribution is 7.07. The minimum absolute atomic E-state index is 0.256. The topological polar surface area (TPSA) is 38.0 Å². The molecule has 0 aliphatic heterocycles. The number of nitrogens with one attached hydrogen (secondary N) is 1. The van der Waals surface area contributed by atoms with Crippen LogP contribution in [0.2, 0.25) is 0 Å². The molecule has 2 rings (SSSR count). The number of benzene rings is 1. The summed E-state index contributed by atoms with van der Waals surface area (Å²) in [5, 5.41) is 7.70. The Hall–Kier alpha value is -1.16. The molecular weight excluding hydrogens is 216 g/mol. The van der Waals surface area contributed by atoms with Crippen molar-refractivity contribution in [3.63, 3.8) is 0 Å². The maximum atomic E-state index is 5.77. The summed E-state index contributed by atoms with van der Waals surface area (Å²) in [6, 6.07) is 12.8. The van der Waals surface area contributed by atoms with E-state index in [0.29, 0.717) is 6.54 Å². The van der Waals surface area contributed by atoms with Gasteiger partial charge in [0.1, 0.15) is 0 Å². The second kappa shape index (κ2) is 5.80. The summed E-state index contributed by atoms with van der Waals surface area (Å²) in [6.07, 6.45) is 0. The fourth-order valence-corrected chi connectivity index (χ4v) is 2.36. The summed E-state index contributed by atoms with van der Waals surface area (Å²) in [5.41, 5.74) is 8.34. The Bertz CT molecular complexity index is 397. The van der Waals surface area contributed by atoms with Crippen molar-refractivity contribution in [2.24, 2.45) is 5.73 Å². The molecule has 1 aromatic heterocycles. The maximum Gasteiger partial charge on any atom is 0.0455 e. The smallest absolute Gasteiger partial charge is 0.0455 e. The summed E-state index contributed by atoms with van der Waals surface area (Å²) in [6.45, 7) is 1.49. The van der Waals surface area contributed by atoms with E-state index in [1.165, 1.54) is 11.1 Å². The summed E-state index contributed by atoms with van der Waals surface area (Å²) in [5.74, 6) is 0. The van der Waals surface area contributed by atoms with E-state index in [1.54, 1.807) is 11.3 Å². The Labute approximate surface area is 100 Å². The van der Waals surface area contributed by atoms with Gasteiger partial charge in [0, 0.05) is 19.1 Å². The lowest BCUT2D eigenvalue weighted by atomic mass is 10.1. The molecule has 3 heteroatoms. The number of thiophene rings is 1. The molecule has 0 bridgehead atoms. The molecule has 0 aliphatic rings. The van der Waals surface area contributed by atoms with E-state index in [9.17, 15) is 0 Å². The zero-order chi connectivity index (χ0) is 11.2. The van der Waals surface area contributed by atoms with E-state index >= 15 is 0 Å². The van der Waals surface area contributed by atoms with Crippen LogP contribution in [0.3, 0.4) is 0 Å². The number of rotatable bonds is 5. The van der Waals surface area contributed by atoms with Gasteiger partial charge >= 0.3 is 0 Å². The van der Waals surface area contributed by atoms with E-state index < -0.39 is 0 Å². The molecule has 0 spiro atoms. The predicted octanol–water partition coefficient (Wildman–Crippen LogP) is 2.54. The van der Waals surface area contributed by atoms with Crippen molar-refractivity contribution in [1.29, 1.82) is 0 Å². The lowest BCUT2D eigenvalue weighted by molar-refractivity contribution is 0.543. The average Bonchev–Trinajstić information content (AvgIpc) is 2.85. The highest BCUT2D eigenvalue weighted by Gasteiger charge is 2.08. The van der Waals surface area contributed by atoms with Crippen molar-refractivity contribution in [1.82, 2.24) is 5.32 Å². The van der Waals surface area contributed by atoms with Crippen LogP contribution in [0.5, 0.6) is 0 Å². The van der Waals surface area contributed by atoms with E-state index in [-0.39, 0.29) is 6.04 Å². The number of nitrogens with two attached hydrogens (primary N) is 1. The van der Waals surface area contributed by atoms with Gasteiger partial charge in [-0.1, -0.05) is 30.3 Å². The minimum atomic E-state index is 0.256. The molecular formula is C13H16N2S. The first-order valence-corrected chi connectivity index (χ1v) is 6.34. The van der Waals surface area contributed by atoms with E-state index in [2.05, 4.69) is 46.4 Å². The van der Waals surface area contributed by atoms with Gasteiger partial charge in [0.25, 0.3) is 0 Å². The molecule has 84 valence electrons. The SMILES string of the molecule is NCC(NCc1ccccc1)c1ccsc1. The van der Waals surface area contributed by atoms with Crippen LogP contribution < -0.4 is 11.1 Å². The summed E-state index contributed by atoms with van der Waals surface area (Å²) in [4.78, 5) is 0. The van der Waals surface area contributed by atoms with Gasteiger partial charge in [-0.15, -0.1) is 0 Å². The quantitative estimate of drug-likeness (QED) is 0.831. The third kappa shape index (κ3) is 2.92. The fraction of sp³-hybridized carbons (Fsp3) is 0.231. The molecule has 1 unspecified atom stereocenters. The molecule has 16 heavy (non-hydrogen) atoms. The van der Waals surface area contributed by atoms with Gasteiger partial charge in [-0.2, -0.15) is 11.3 Å². The van der Waals surface area contributed by atoms with Gasteiger partial charge in [0.05, 0.1) is 0 Å². The molecule has 1 heterocycles. The molecule has 2 nitrogen and oxygen atoms in total. The first kappa shape index (κ1) is 11.3. The summed E-state index contributed by atoms with van der Waals surface area (Å²) in [7, 11) is 0. The van der Waals surface area contributed by atoms with E-state index in [0.717, 1.165) is 6.54 Å². The molecule has 0 fully saturated rings. The predicted molar refractivity (Wildman–Crippen MR) is 69.4 cm³/mol. The maximum absolute atomic E-state index is 5.77. The highest BCUT2D eigenvalue weighted by Crippen LogP contribution is 2.15. The van der Waals surface area contributed by atoms with E-state index in [1.807, 2.05) is 6.07 Å². The lowest BCUT2D eigenvalue weighted by Gasteiger charge is -2.15. The molecule has 0 saturated heterocycles. The average molecular weight is 232 g/mol. The van der Waals surface area contributed by atoms with Gasteiger partial charge in [-0.25, -0.2) is 0 Å². The highest BCUT2D eigenvalue weighted by atomic mass is 32.1. The van der Waals surface area contributed by atoms with Gasteiger partial charge in [-0.3, -0.25) is 0 Å². The second-order valence-corrected chi connectivity index (χ2v) is 4.49. The lowest BCUT2D eigenvalue weighted by Crippen LogP contribution is -2.27. The fourth-order valence-electron chi connectivity index (χ4n) is 1.65. The number of hydrogen-bond donors (Lipinski definition) is 2. The zero-order valence-electron chi connectivity index (χ0n) is 9.10. The first-order valence-electron chi connectivity index (χ1n) is 5.39. The minimum Gasteiger partial charge on any atom is -0.329 e. The molecule has 0 saturated carbocycles. The molecule has 0 amide bonds. The Morgan fingerprint density at radius 1 is 1.19 bits per heavy atom. The van der Waals surface area contributed by atoms with Crippen LogP contribution in [0, 0.1) is 0 Å². The third-order valence-electron chi connectivity index (χ3n) is 2.58. The van der Waals surface area contributed by atoms with Crippen molar-refractivity contribution in [2.45, 2.75) is 12.6 Å². The molecule has 2 aromatic rings. The van der Waals surface area contributed by atoms with Gasteiger partial charge in [0.2, 0.25) is 0 Å². The Morgan fingerprint density at radius 3 is 2.62 bits per heavy atom. The van der Waals surface area contributed by atoms with E-state index in [4.69, 9.17) is 5.73 Å². The van der Waals surface area contributed by atoms with Crippen LogP contribution in [-0.4, -0.2) is 6.54 Å². The molecule has 1 atom stereocenters. The Morgan fingerprint density at radius 2 is 2.00 bits per heavy atom. The summed E-state index contributed by atoms with van der Waals surface area (Å²) < 4.78 is 0. The molecule has 0 radical (unpaired) electrons. The second-order valence-electron chi connectivity index (χ2n) is 3.71.